The van der Waals surface area contributed by atoms with Gasteiger partial charge in [-0.1, -0.05) is 26.0 Å². The van der Waals surface area contributed by atoms with Crippen LogP contribution in [0.3, 0.4) is 0 Å². The Bertz CT molecular complexity index is 1920. The molecular weight excluding hydrogens is 628 g/mol. The Balaban J connectivity index is 0.835. The molecule has 3 aliphatic heterocycles. The highest BCUT2D eigenvalue weighted by Gasteiger charge is 2.32. The normalized spacial score (nSPS) is 23.3. The number of likely N-dealkylation sites (tertiary alicyclic amines) is 1. The molecule has 4 aromatic rings. The number of nitrogens with zero attached hydrogens (tertiary/aromatic N) is 5. The maximum absolute atomic E-state index is 13.6. The van der Waals surface area contributed by atoms with Crippen molar-refractivity contribution in [3.8, 4) is 11.4 Å². The van der Waals surface area contributed by atoms with Crippen LogP contribution in [-0.2, 0) is 22.4 Å². The molecule has 50 heavy (non-hydrogen) atoms. The third kappa shape index (κ3) is 6.43. The average Bonchev–Trinajstić information content (AvgIpc) is 3.72. The van der Waals surface area contributed by atoms with E-state index < -0.39 is 0 Å². The summed E-state index contributed by atoms with van der Waals surface area (Å²) in [7, 11) is 0. The Morgan fingerprint density at radius 2 is 1.84 bits per heavy atom. The van der Waals surface area contributed by atoms with Gasteiger partial charge in [0.05, 0.1) is 11.6 Å². The highest BCUT2D eigenvalue weighted by atomic mass is 16.2. The molecule has 11 nitrogen and oxygen atoms in total. The summed E-state index contributed by atoms with van der Waals surface area (Å²) in [5.41, 5.74) is 7.46. The number of piperazine rings is 1. The predicted octanol–water partition coefficient (Wildman–Crippen LogP) is 5.05. The van der Waals surface area contributed by atoms with E-state index in [2.05, 4.69) is 58.1 Å². The van der Waals surface area contributed by atoms with Gasteiger partial charge in [0, 0.05) is 85.7 Å². The molecule has 2 atom stereocenters. The number of carbonyl (C=O) groups is 3. The highest BCUT2D eigenvalue weighted by Crippen LogP contribution is 2.38. The van der Waals surface area contributed by atoms with E-state index in [1.807, 2.05) is 29.2 Å². The third-order valence-corrected chi connectivity index (χ3v) is 11.7. The first-order chi connectivity index (χ1) is 24.1. The first-order valence-electron chi connectivity index (χ1n) is 18.4. The van der Waals surface area contributed by atoms with Crippen molar-refractivity contribution in [3.05, 3.63) is 65.0 Å². The zero-order valence-electron chi connectivity index (χ0n) is 29.4. The van der Waals surface area contributed by atoms with Crippen LogP contribution < -0.4 is 10.2 Å². The van der Waals surface area contributed by atoms with Gasteiger partial charge in [-0.2, -0.15) is 5.10 Å². The molecule has 3 N–H and O–H groups in total. The number of H-pyrrole nitrogens is 2. The van der Waals surface area contributed by atoms with Crippen LogP contribution in [0.2, 0.25) is 0 Å². The van der Waals surface area contributed by atoms with E-state index in [4.69, 9.17) is 10.1 Å². The minimum absolute atomic E-state index is 0.110. The molecular formula is C39H48N8O3. The topological polar surface area (TPSA) is 130 Å². The lowest BCUT2D eigenvalue weighted by Crippen LogP contribution is -2.54. The lowest BCUT2D eigenvalue weighted by molar-refractivity contribution is -0.134. The molecule has 3 saturated heterocycles. The standard InChI is InChI=1S/C39H48N8O3/c1-24-22-47(34-8-6-28(21-40-34)29-7-9-35(48)42-37(29)49)17-16-46(24)23-25-11-14-45(15-12-25)38(50)27-5-4-26-18-32(41-31(26)19-27)36-30-10-13-39(2,3)20-33(30)43-44-36/h4-6,8,18-19,21,24-25,29,41H,7,9-17,20,22-23H2,1-3H3,(H,43,44)(H,42,48,49)/t24-,29?/m1/s1. The zero-order chi connectivity index (χ0) is 34.6. The second-order valence-corrected chi connectivity index (χ2v) is 15.8. The fourth-order valence-electron chi connectivity index (χ4n) is 8.57. The highest BCUT2D eigenvalue weighted by molar-refractivity contribution is 6.01. The molecule has 3 fully saturated rings. The maximum atomic E-state index is 13.6. The van der Waals surface area contributed by atoms with E-state index in [9.17, 15) is 14.4 Å². The summed E-state index contributed by atoms with van der Waals surface area (Å²) in [6, 6.07) is 12.6. The number of hydrogen-bond acceptors (Lipinski definition) is 7. The van der Waals surface area contributed by atoms with Crippen LogP contribution >= 0.6 is 0 Å². The van der Waals surface area contributed by atoms with Crippen molar-refractivity contribution in [2.24, 2.45) is 11.3 Å². The van der Waals surface area contributed by atoms with Crippen molar-refractivity contribution in [2.45, 2.75) is 77.7 Å². The molecule has 262 valence electrons. The lowest BCUT2D eigenvalue weighted by atomic mass is 9.76. The summed E-state index contributed by atoms with van der Waals surface area (Å²) < 4.78 is 0. The van der Waals surface area contributed by atoms with E-state index in [0.29, 0.717) is 30.2 Å². The molecule has 11 heteroatoms. The third-order valence-electron chi connectivity index (χ3n) is 11.7. The Hall–Kier alpha value is -4.51. The number of amides is 3. The Morgan fingerprint density at radius 3 is 2.60 bits per heavy atom. The SMILES string of the molecule is C[C@@H]1CN(c2ccc(C3CCC(=O)NC3=O)cn2)CCN1CC1CCN(C(=O)c2ccc3cc(-c4n[nH]c5c4CCC(C)(C)C5)[nH]c3c2)CC1. The van der Waals surface area contributed by atoms with Crippen molar-refractivity contribution in [1.29, 1.82) is 0 Å². The van der Waals surface area contributed by atoms with Crippen LogP contribution in [0.5, 0.6) is 0 Å². The predicted molar refractivity (Wildman–Crippen MR) is 193 cm³/mol. The number of nitrogens with one attached hydrogen (secondary N) is 3. The zero-order valence-corrected chi connectivity index (χ0v) is 29.4. The molecule has 1 unspecified atom stereocenters. The van der Waals surface area contributed by atoms with Gasteiger partial charge in [-0.25, -0.2) is 4.98 Å². The summed E-state index contributed by atoms with van der Waals surface area (Å²) in [6.45, 7) is 12.3. The Kier molecular flexibility index (Phi) is 8.49. The molecule has 4 aliphatic rings. The first-order valence-corrected chi connectivity index (χ1v) is 18.4. The number of piperidine rings is 2. The molecule has 0 radical (unpaired) electrons. The minimum atomic E-state index is -0.311. The van der Waals surface area contributed by atoms with Crippen molar-refractivity contribution < 1.29 is 14.4 Å². The van der Waals surface area contributed by atoms with E-state index in [-0.39, 0.29) is 23.6 Å². The van der Waals surface area contributed by atoms with E-state index >= 15 is 0 Å². The van der Waals surface area contributed by atoms with Gasteiger partial charge in [0.25, 0.3) is 5.91 Å². The summed E-state index contributed by atoms with van der Waals surface area (Å²) in [5.74, 6) is 0.867. The van der Waals surface area contributed by atoms with Crippen molar-refractivity contribution in [3.63, 3.8) is 0 Å². The van der Waals surface area contributed by atoms with Crippen LogP contribution in [0.25, 0.3) is 22.3 Å². The number of rotatable bonds is 6. The van der Waals surface area contributed by atoms with Crippen LogP contribution in [0.1, 0.15) is 86.0 Å². The monoisotopic (exact) mass is 676 g/mol. The van der Waals surface area contributed by atoms with Gasteiger partial charge in [0.1, 0.15) is 11.5 Å². The summed E-state index contributed by atoms with van der Waals surface area (Å²) in [5, 5.41) is 11.5. The van der Waals surface area contributed by atoms with Gasteiger partial charge in [-0.05, 0) is 86.6 Å². The number of anilines is 1. The largest absolute Gasteiger partial charge is 0.354 e. The van der Waals surface area contributed by atoms with Crippen molar-refractivity contribution in [1.82, 2.24) is 35.3 Å². The van der Waals surface area contributed by atoms with Gasteiger partial charge in [0.2, 0.25) is 11.8 Å². The molecule has 3 aromatic heterocycles. The summed E-state index contributed by atoms with van der Waals surface area (Å²) in [4.78, 5) is 52.6. The number of pyridine rings is 1. The van der Waals surface area contributed by atoms with Gasteiger partial charge in [0.15, 0.2) is 0 Å². The van der Waals surface area contributed by atoms with E-state index in [1.54, 1.807) is 6.20 Å². The van der Waals surface area contributed by atoms with Gasteiger partial charge >= 0.3 is 0 Å². The molecule has 0 spiro atoms. The summed E-state index contributed by atoms with van der Waals surface area (Å²) in [6.07, 6.45) is 7.92. The van der Waals surface area contributed by atoms with E-state index in [0.717, 1.165) is 111 Å². The smallest absolute Gasteiger partial charge is 0.253 e. The Labute approximate surface area is 293 Å². The molecule has 3 amide bonds. The molecule has 1 aliphatic carbocycles. The second-order valence-electron chi connectivity index (χ2n) is 15.8. The average molecular weight is 677 g/mol. The molecule has 0 saturated carbocycles. The number of fused-ring (bicyclic) bond motifs is 2. The fourth-order valence-corrected chi connectivity index (χ4v) is 8.57. The number of imide groups is 1. The minimum Gasteiger partial charge on any atom is -0.354 e. The van der Waals surface area contributed by atoms with Crippen molar-refractivity contribution >= 4 is 34.4 Å². The second kappa shape index (κ2) is 13.0. The first kappa shape index (κ1) is 32.7. The van der Waals surface area contributed by atoms with E-state index in [1.165, 1.54) is 11.3 Å². The number of aromatic amines is 2. The molecule has 1 aromatic carbocycles. The van der Waals surface area contributed by atoms with Gasteiger partial charge in [-0.3, -0.25) is 29.7 Å². The molecule has 8 rings (SSSR count). The van der Waals surface area contributed by atoms with Crippen LogP contribution in [0.15, 0.2) is 42.6 Å². The van der Waals surface area contributed by atoms with Crippen LogP contribution in [-0.4, -0.2) is 93.0 Å². The lowest BCUT2D eigenvalue weighted by Gasteiger charge is -2.43. The summed E-state index contributed by atoms with van der Waals surface area (Å²) >= 11 is 0. The van der Waals surface area contributed by atoms with Crippen molar-refractivity contribution in [2.75, 3.05) is 44.2 Å². The number of hydrogen-bond donors (Lipinski definition) is 3. The van der Waals surface area contributed by atoms with Crippen LogP contribution in [0, 0.1) is 11.3 Å². The number of carbonyl (C=O) groups excluding carboxylic acids is 3. The molecule has 6 heterocycles. The quantitative estimate of drug-likeness (QED) is 0.244. The molecule has 0 bridgehead atoms. The van der Waals surface area contributed by atoms with Crippen LogP contribution in [0.4, 0.5) is 5.82 Å². The number of aromatic nitrogens is 4. The number of benzene rings is 1. The fraction of sp³-hybridized carbons (Fsp3) is 0.513. The van der Waals surface area contributed by atoms with Gasteiger partial charge < -0.3 is 14.8 Å². The maximum Gasteiger partial charge on any atom is 0.253 e. The van der Waals surface area contributed by atoms with Gasteiger partial charge in [-0.15, -0.1) is 0 Å². The Morgan fingerprint density at radius 1 is 1.00 bits per heavy atom.